The van der Waals surface area contributed by atoms with E-state index in [-0.39, 0.29) is 35.4 Å². The molecular weight excluding hydrogens is 528 g/mol. The Hall–Kier alpha value is -4.91. The van der Waals surface area contributed by atoms with Crippen LogP contribution in [0.25, 0.3) is 22.2 Å². The van der Waals surface area contributed by atoms with E-state index < -0.39 is 12.1 Å². The van der Waals surface area contributed by atoms with Crippen LogP contribution >= 0.6 is 0 Å². The second-order valence-electron chi connectivity index (χ2n) is 11.1. The van der Waals surface area contributed by atoms with Gasteiger partial charge in [0.2, 0.25) is 17.6 Å². The number of carbonyl (C=O) groups excluding carboxylic acids is 4. The number of Topliss-reactive ketones (excluding diaryl/α,β-unsaturated/α-hetero) is 1. The summed E-state index contributed by atoms with van der Waals surface area (Å²) in [6.07, 6.45) is 3.58. The molecule has 1 saturated heterocycles. The SMILES string of the molecule is Cc1ccc2nc(-c3ccc(N4C(=O)[C@H]5[C@@H](C)C=CC[C@H]5C4=O)cc3)cc(C(=O)O[C@@H](C)C(=O)c3ccccc3)c2c1. The van der Waals surface area contributed by atoms with Crippen molar-refractivity contribution in [3.8, 4) is 11.3 Å². The topological polar surface area (TPSA) is 93.6 Å². The number of ketones is 1. The number of hydrogen-bond acceptors (Lipinski definition) is 6. The van der Waals surface area contributed by atoms with Crippen molar-refractivity contribution in [2.75, 3.05) is 4.90 Å². The van der Waals surface area contributed by atoms with Crippen molar-refractivity contribution in [1.82, 2.24) is 4.98 Å². The molecule has 0 bridgehead atoms. The van der Waals surface area contributed by atoms with Gasteiger partial charge in [-0.25, -0.2) is 9.78 Å². The van der Waals surface area contributed by atoms with E-state index in [2.05, 4.69) is 0 Å². The number of nitrogens with zero attached hydrogens (tertiary/aromatic N) is 2. The first-order valence-corrected chi connectivity index (χ1v) is 14.1. The monoisotopic (exact) mass is 558 g/mol. The fourth-order valence-corrected chi connectivity index (χ4v) is 5.95. The maximum atomic E-state index is 13.5. The van der Waals surface area contributed by atoms with Crippen LogP contribution in [0.5, 0.6) is 0 Å². The maximum Gasteiger partial charge on any atom is 0.339 e. The van der Waals surface area contributed by atoms with Crippen molar-refractivity contribution in [1.29, 1.82) is 0 Å². The van der Waals surface area contributed by atoms with Gasteiger partial charge in [-0.15, -0.1) is 0 Å². The van der Waals surface area contributed by atoms with Crippen molar-refractivity contribution in [2.45, 2.75) is 33.3 Å². The largest absolute Gasteiger partial charge is 0.451 e. The van der Waals surface area contributed by atoms with Crippen molar-refractivity contribution in [2.24, 2.45) is 17.8 Å². The van der Waals surface area contributed by atoms with Gasteiger partial charge >= 0.3 is 5.97 Å². The molecule has 6 rings (SSSR count). The number of rotatable bonds is 6. The molecule has 1 fully saturated rings. The summed E-state index contributed by atoms with van der Waals surface area (Å²) in [5, 5.41) is 0.623. The van der Waals surface area contributed by atoms with Crippen LogP contribution in [0.1, 0.15) is 46.5 Å². The summed E-state index contributed by atoms with van der Waals surface area (Å²) in [5.41, 5.74) is 4.06. The van der Waals surface area contributed by atoms with Crippen molar-refractivity contribution in [3.05, 3.63) is 108 Å². The molecule has 42 heavy (non-hydrogen) atoms. The predicted molar refractivity (Wildman–Crippen MR) is 160 cm³/mol. The molecule has 1 aliphatic heterocycles. The number of anilines is 1. The number of fused-ring (bicyclic) bond motifs is 2. The average Bonchev–Trinajstić information content (AvgIpc) is 3.26. The number of hydrogen-bond donors (Lipinski definition) is 0. The van der Waals surface area contributed by atoms with Crippen molar-refractivity contribution in [3.63, 3.8) is 0 Å². The molecule has 2 heterocycles. The number of pyridine rings is 1. The van der Waals surface area contributed by atoms with Gasteiger partial charge in [-0.1, -0.05) is 73.2 Å². The number of imide groups is 1. The number of allylic oxidation sites excluding steroid dienone is 2. The molecule has 2 amide bonds. The molecule has 0 unspecified atom stereocenters. The van der Waals surface area contributed by atoms with E-state index in [1.165, 1.54) is 4.90 Å². The van der Waals surface area contributed by atoms with Gasteiger partial charge in [0.15, 0.2) is 6.10 Å². The minimum atomic E-state index is -0.979. The molecule has 3 aromatic carbocycles. The summed E-state index contributed by atoms with van der Waals surface area (Å²) in [6.45, 7) is 5.46. The van der Waals surface area contributed by atoms with E-state index in [0.29, 0.717) is 45.4 Å². The number of esters is 1. The Kier molecular flexibility index (Phi) is 7.02. The second-order valence-corrected chi connectivity index (χ2v) is 11.1. The zero-order chi connectivity index (χ0) is 29.5. The lowest BCUT2D eigenvalue weighted by Gasteiger charge is -2.22. The molecule has 0 radical (unpaired) electrons. The average molecular weight is 559 g/mol. The van der Waals surface area contributed by atoms with E-state index in [0.717, 1.165) is 5.56 Å². The fraction of sp³-hybridized carbons (Fsp3) is 0.229. The number of aryl methyl sites for hydroxylation is 1. The summed E-state index contributed by atoms with van der Waals surface area (Å²) in [4.78, 5) is 58.8. The quantitative estimate of drug-likeness (QED) is 0.119. The molecule has 7 heteroatoms. The zero-order valence-electron chi connectivity index (χ0n) is 23.6. The highest BCUT2D eigenvalue weighted by atomic mass is 16.5. The molecule has 4 aromatic rings. The molecule has 210 valence electrons. The highest BCUT2D eigenvalue weighted by molar-refractivity contribution is 6.22. The molecule has 0 saturated carbocycles. The molecular formula is C35H30N2O5. The van der Waals surface area contributed by atoms with Crippen LogP contribution in [0, 0.1) is 24.7 Å². The van der Waals surface area contributed by atoms with E-state index >= 15 is 0 Å². The smallest absolute Gasteiger partial charge is 0.339 e. The van der Waals surface area contributed by atoms with Crippen LogP contribution in [0.15, 0.2) is 91.0 Å². The van der Waals surface area contributed by atoms with E-state index in [4.69, 9.17) is 9.72 Å². The van der Waals surface area contributed by atoms with Gasteiger partial charge in [0.1, 0.15) is 0 Å². The summed E-state index contributed by atoms with van der Waals surface area (Å²) in [7, 11) is 0. The van der Waals surface area contributed by atoms with Gasteiger partial charge in [0, 0.05) is 16.5 Å². The number of carbonyl (C=O) groups is 4. The lowest BCUT2D eigenvalue weighted by Crippen LogP contribution is -2.31. The molecule has 0 N–H and O–H groups in total. The normalized spacial score (nSPS) is 20.5. The maximum absolute atomic E-state index is 13.5. The number of benzene rings is 3. The Morgan fingerprint density at radius 2 is 1.69 bits per heavy atom. The van der Waals surface area contributed by atoms with Gasteiger partial charge in [-0.05, 0) is 56.5 Å². The number of amides is 2. The molecule has 1 aliphatic carbocycles. The highest BCUT2D eigenvalue weighted by Crippen LogP contribution is 2.40. The highest BCUT2D eigenvalue weighted by Gasteiger charge is 2.50. The first kappa shape index (κ1) is 27.3. The minimum Gasteiger partial charge on any atom is -0.451 e. The Morgan fingerprint density at radius 3 is 2.40 bits per heavy atom. The van der Waals surface area contributed by atoms with Gasteiger partial charge in [-0.2, -0.15) is 0 Å². The third-order valence-electron chi connectivity index (χ3n) is 8.19. The van der Waals surface area contributed by atoms with Gasteiger partial charge in [0.05, 0.1) is 34.3 Å². The van der Waals surface area contributed by atoms with Crippen molar-refractivity contribution < 1.29 is 23.9 Å². The molecule has 1 aromatic heterocycles. The first-order chi connectivity index (χ1) is 20.2. The third kappa shape index (κ3) is 4.81. The second kappa shape index (κ2) is 10.8. The fourth-order valence-electron chi connectivity index (χ4n) is 5.95. The molecule has 2 aliphatic rings. The first-order valence-electron chi connectivity index (χ1n) is 14.1. The Morgan fingerprint density at radius 1 is 0.952 bits per heavy atom. The standard InChI is InChI=1S/C35H30N2O5/c1-20-12-17-29-27(18-20)28(35(41)42-22(3)32(38)24-9-5-4-6-10-24)19-30(36-29)23-13-15-25(16-14-23)37-33(39)26-11-7-8-21(2)31(26)34(37)40/h4-10,12-19,21-22,26,31H,11H2,1-3H3/t21-,22-,26+,31-/m0/s1. The zero-order valence-corrected chi connectivity index (χ0v) is 23.6. The lowest BCUT2D eigenvalue weighted by atomic mass is 9.78. The predicted octanol–water partition coefficient (Wildman–Crippen LogP) is 6.34. The van der Waals surface area contributed by atoms with Gasteiger partial charge < -0.3 is 4.74 Å². The minimum absolute atomic E-state index is 0.0128. The summed E-state index contributed by atoms with van der Waals surface area (Å²) >= 11 is 0. The van der Waals surface area contributed by atoms with Crippen LogP contribution in [0.4, 0.5) is 5.69 Å². The Balaban J connectivity index is 1.31. The van der Waals surface area contributed by atoms with Crippen LogP contribution in [-0.4, -0.2) is 34.7 Å². The van der Waals surface area contributed by atoms with Crippen LogP contribution in [-0.2, 0) is 14.3 Å². The number of aromatic nitrogens is 1. The van der Waals surface area contributed by atoms with E-state index in [9.17, 15) is 19.2 Å². The van der Waals surface area contributed by atoms with Gasteiger partial charge in [-0.3, -0.25) is 19.3 Å². The van der Waals surface area contributed by atoms with Crippen molar-refractivity contribution >= 4 is 40.2 Å². The van der Waals surface area contributed by atoms with E-state index in [1.807, 2.05) is 50.3 Å². The van der Waals surface area contributed by atoms with Crippen LogP contribution in [0.3, 0.4) is 0 Å². The summed E-state index contributed by atoms with van der Waals surface area (Å²) in [5.74, 6) is -1.90. The Labute approximate surface area is 243 Å². The molecule has 7 nitrogen and oxygen atoms in total. The van der Waals surface area contributed by atoms with Crippen LogP contribution < -0.4 is 4.90 Å². The van der Waals surface area contributed by atoms with Crippen LogP contribution in [0.2, 0.25) is 0 Å². The summed E-state index contributed by atoms with van der Waals surface area (Å²) in [6, 6.07) is 23.1. The summed E-state index contributed by atoms with van der Waals surface area (Å²) < 4.78 is 5.65. The Bertz CT molecular complexity index is 1760. The molecule has 4 atom stereocenters. The third-order valence-corrected chi connectivity index (χ3v) is 8.19. The lowest BCUT2D eigenvalue weighted by molar-refractivity contribution is -0.122. The van der Waals surface area contributed by atoms with Gasteiger partial charge in [0.25, 0.3) is 0 Å². The van der Waals surface area contributed by atoms with E-state index in [1.54, 1.807) is 61.5 Å². The number of ether oxygens (including phenoxy) is 1. The molecule has 0 spiro atoms.